The van der Waals surface area contributed by atoms with E-state index in [9.17, 15) is 4.39 Å². The quantitative estimate of drug-likeness (QED) is 0.851. The molecule has 1 nitrogen and oxygen atoms in total. The smallest absolute Gasteiger partial charge is 0.142 e. The van der Waals surface area contributed by atoms with E-state index >= 15 is 0 Å². The van der Waals surface area contributed by atoms with E-state index in [-0.39, 0.29) is 5.02 Å². The van der Waals surface area contributed by atoms with Gasteiger partial charge in [0.15, 0.2) is 0 Å². The Morgan fingerprint density at radius 2 is 1.85 bits per heavy atom. The first-order valence-corrected chi connectivity index (χ1v) is 7.21. The number of halogens is 2. The van der Waals surface area contributed by atoms with Crippen molar-refractivity contribution in [3.8, 4) is 0 Å². The van der Waals surface area contributed by atoms with Crippen LogP contribution in [0.15, 0.2) is 48.5 Å². The molecule has 0 spiro atoms. The Morgan fingerprint density at radius 1 is 1.15 bits per heavy atom. The van der Waals surface area contributed by atoms with Crippen LogP contribution >= 0.6 is 11.6 Å². The van der Waals surface area contributed by atoms with Gasteiger partial charge in [-0.2, -0.15) is 0 Å². The van der Waals surface area contributed by atoms with E-state index in [2.05, 4.69) is 6.92 Å². The molecule has 0 saturated carbocycles. The van der Waals surface area contributed by atoms with Gasteiger partial charge in [-0.05, 0) is 36.1 Å². The van der Waals surface area contributed by atoms with Crippen molar-refractivity contribution in [1.29, 1.82) is 0 Å². The molecule has 2 rings (SSSR count). The van der Waals surface area contributed by atoms with E-state index in [0.29, 0.717) is 6.42 Å². The molecule has 1 unspecified atom stereocenters. The first-order valence-electron chi connectivity index (χ1n) is 6.83. The fourth-order valence-corrected chi connectivity index (χ4v) is 2.68. The summed E-state index contributed by atoms with van der Waals surface area (Å²) >= 11 is 5.72. The second-order valence-corrected chi connectivity index (χ2v) is 5.60. The Labute approximate surface area is 124 Å². The van der Waals surface area contributed by atoms with Crippen molar-refractivity contribution in [3.63, 3.8) is 0 Å². The monoisotopic (exact) mass is 291 g/mol. The van der Waals surface area contributed by atoms with Crippen LogP contribution in [0.4, 0.5) is 4.39 Å². The highest BCUT2D eigenvalue weighted by Crippen LogP contribution is 2.29. The predicted molar refractivity (Wildman–Crippen MR) is 82.3 cm³/mol. The van der Waals surface area contributed by atoms with Crippen LogP contribution in [0.1, 0.15) is 30.9 Å². The molecule has 2 aromatic carbocycles. The van der Waals surface area contributed by atoms with Crippen LogP contribution in [0.5, 0.6) is 0 Å². The first kappa shape index (κ1) is 15.0. The first-order chi connectivity index (χ1) is 9.55. The predicted octanol–water partition coefficient (Wildman–Crippen LogP) is 4.68. The highest BCUT2D eigenvalue weighted by Gasteiger charge is 2.26. The third-order valence-corrected chi connectivity index (χ3v) is 3.85. The summed E-state index contributed by atoms with van der Waals surface area (Å²) in [5.74, 6) is -0.393. The molecule has 0 fully saturated rings. The van der Waals surface area contributed by atoms with Gasteiger partial charge in [0.25, 0.3) is 0 Å². The maximum Gasteiger partial charge on any atom is 0.142 e. The van der Waals surface area contributed by atoms with Gasteiger partial charge >= 0.3 is 0 Å². The topological polar surface area (TPSA) is 26.0 Å². The number of rotatable bonds is 5. The molecule has 1 atom stereocenters. The number of hydrogen-bond acceptors (Lipinski definition) is 1. The van der Waals surface area contributed by atoms with Crippen molar-refractivity contribution < 1.29 is 4.39 Å². The standard InChI is InChI=1S/C17H19ClFN/c1-2-10-17(20,14-6-4-3-5-7-14)12-13-8-9-15(18)16(19)11-13/h3-9,11H,2,10,12,20H2,1H3. The van der Waals surface area contributed by atoms with Crippen LogP contribution in [-0.2, 0) is 12.0 Å². The molecule has 2 aromatic rings. The molecule has 0 saturated heterocycles. The van der Waals surface area contributed by atoms with E-state index < -0.39 is 11.4 Å². The average molecular weight is 292 g/mol. The fraction of sp³-hybridized carbons (Fsp3) is 0.294. The molecule has 0 aliphatic carbocycles. The van der Waals surface area contributed by atoms with Gasteiger partial charge < -0.3 is 5.73 Å². The Balaban J connectivity index is 2.31. The molecule has 106 valence electrons. The summed E-state index contributed by atoms with van der Waals surface area (Å²) in [6.45, 7) is 2.10. The molecule has 3 heteroatoms. The number of nitrogens with two attached hydrogens (primary N) is 1. The Morgan fingerprint density at radius 3 is 2.45 bits per heavy atom. The minimum absolute atomic E-state index is 0.145. The van der Waals surface area contributed by atoms with Crippen molar-refractivity contribution in [2.75, 3.05) is 0 Å². The zero-order valence-corrected chi connectivity index (χ0v) is 12.3. The van der Waals surface area contributed by atoms with Crippen LogP contribution < -0.4 is 5.73 Å². The van der Waals surface area contributed by atoms with E-state index in [1.54, 1.807) is 6.07 Å². The molecule has 0 aromatic heterocycles. The summed E-state index contributed by atoms with van der Waals surface area (Å²) < 4.78 is 13.6. The molecule has 20 heavy (non-hydrogen) atoms. The van der Waals surface area contributed by atoms with E-state index in [4.69, 9.17) is 17.3 Å². The molecule has 0 aliphatic rings. The Hall–Kier alpha value is -1.38. The Bertz CT molecular complexity index is 570. The van der Waals surface area contributed by atoms with Gasteiger partial charge in [0.2, 0.25) is 0 Å². The van der Waals surface area contributed by atoms with Gasteiger partial charge in [-0.3, -0.25) is 0 Å². The molecule has 0 aliphatic heterocycles. The molecule has 0 radical (unpaired) electrons. The van der Waals surface area contributed by atoms with Gasteiger partial charge in [-0.1, -0.05) is 61.3 Å². The van der Waals surface area contributed by atoms with Gasteiger partial charge in [-0.15, -0.1) is 0 Å². The van der Waals surface area contributed by atoms with Crippen molar-refractivity contribution >= 4 is 11.6 Å². The van der Waals surface area contributed by atoms with Crippen LogP contribution in [-0.4, -0.2) is 0 Å². The minimum Gasteiger partial charge on any atom is -0.321 e. The van der Waals surface area contributed by atoms with Gasteiger partial charge in [-0.25, -0.2) is 4.39 Å². The zero-order chi connectivity index (χ0) is 14.6. The summed E-state index contributed by atoms with van der Waals surface area (Å²) in [6.07, 6.45) is 2.42. The third-order valence-electron chi connectivity index (χ3n) is 3.55. The highest BCUT2D eigenvalue weighted by molar-refractivity contribution is 6.30. The van der Waals surface area contributed by atoms with Crippen LogP contribution in [0.2, 0.25) is 5.02 Å². The molecular formula is C17H19ClFN. The van der Waals surface area contributed by atoms with Gasteiger partial charge in [0.05, 0.1) is 5.02 Å². The van der Waals surface area contributed by atoms with Gasteiger partial charge in [0, 0.05) is 5.54 Å². The summed E-state index contributed by atoms with van der Waals surface area (Å²) in [5, 5.41) is 0.145. The third kappa shape index (κ3) is 3.38. The van der Waals surface area contributed by atoms with E-state index in [1.807, 2.05) is 36.4 Å². The van der Waals surface area contributed by atoms with Crippen LogP contribution in [0.25, 0.3) is 0 Å². The second kappa shape index (κ2) is 6.38. The van der Waals surface area contributed by atoms with E-state index in [0.717, 1.165) is 24.0 Å². The normalized spacial score (nSPS) is 14.0. The summed E-state index contributed by atoms with van der Waals surface area (Å²) in [7, 11) is 0. The van der Waals surface area contributed by atoms with Crippen molar-refractivity contribution in [2.24, 2.45) is 5.73 Å². The average Bonchev–Trinajstić information content (AvgIpc) is 2.44. The molecule has 0 heterocycles. The lowest BCUT2D eigenvalue weighted by Crippen LogP contribution is -2.39. The minimum atomic E-state index is -0.476. The number of hydrogen-bond donors (Lipinski definition) is 1. The van der Waals surface area contributed by atoms with Gasteiger partial charge in [0.1, 0.15) is 5.82 Å². The maximum absolute atomic E-state index is 13.6. The summed E-state index contributed by atoms with van der Waals surface area (Å²) in [6, 6.07) is 14.9. The lowest BCUT2D eigenvalue weighted by atomic mass is 9.81. The van der Waals surface area contributed by atoms with Crippen molar-refractivity contribution in [3.05, 3.63) is 70.5 Å². The number of benzene rings is 2. The van der Waals surface area contributed by atoms with Crippen LogP contribution in [0, 0.1) is 5.82 Å². The van der Waals surface area contributed by atoms with Crippen LogP contribution in [0.3, 0.4) is 0 Å². The molecular weight excluding hydrogens is 273 g/mol. The summed E-state index contributed by atoms with van der Waals surface area (Å²) in [4.78, 5) is 0. The molecule has 2 N–H and O–H groups in total. The van der Waals surface area contributed by atoms with E-state index in [1.165, 1.54) is 6.07 Å². The second-order valence-electron chi connectivity index (χ2n) is 5.20. The zero-order valence-electron chi connectivity index (χ0n) is 11.6. The molecule has 0 amide bonds. The highest BCUT2D eigenvalue weighted by atomic mass is 35.5. The summed E-state index contributed by atoms with van der Waals surface area (Å²) in [5.41, 5.74) is 8.07. The largest absolute Gasteiger partial charge is 0.321 e. The van der Waals surface area contributed by atoms with Crippen molar-refractivity contribution in [1.82, 2.24) is 0 Å². The Kier molecular flexibility index (Phi) is 4.79. The lowest BCUT2D eigenvalue weighted by Gasteiger charge is -2.30. The SMILES string of the molecule is CCCC(N)(Cc1ccc(Cl)c(F)c1)c1ccccc1. The lowest BCUT2D eigenvalue weighted by molar-refractivity contribution is 0.400. The fourth-order valence-electron chi connectivity index (χ4n) is 2.56. The maximum atomic E-state index is 13.6. The molecule has 0 bridgehead atoms. The van der Waals surface area contributed by atoms with Crippen molar-refractivity contribution in [2.45, 2.75) is 31.7 Å².